The van der Waals surface area contributed by atoms with Gasteiger partial charge in [-0.05, 0) is 38.8 Å². The molecule has 0 radical (unpaired) electrons. The summed E-state index contributed by atoms with van der Waals surface area (Å²) in [6.45, 7) is 7.40. The van der Waals surface area contributed by atoms with Crippen LogP contribution in [0.25, 0.3) is 0 Å². The van der Waals surface area contributed by atoms with Gasteiger partial charge in [0.25, 0.3) is 0 Å². The number of carboxylic acid groups (broad SMARTS) is 1. The van der Waals surface area contributed by atoms with Crippen molar-refractivity contribution in [1.82, 2.24) is 4.90 Å². The topological polar surface area (TPSA) is 66.8 Å². The maximum absolute atomic E-state index is 12.7. The largest absolute Gasteiger partial charge is 0.479 e. The lowest BCUT2D eigenvalue weighted by molar-refractivity contribution is -0.150. The van der Waals surface area contributed by atoms with Crippen LogP contribution in [0.1, 0.15) is 36.1 Å². The van der Waals surface area contributed by atoms with E-state index < -0.39 is 17.6 Å². The van der Waals surface area contributed by atoms with Crippen LogP contribution in [0.15, 0.2) is 48.5 Å². The molecule has 2 aromatic rings. The van der Waals surface area contributed by atoms with Crippen LogP contribution in [0.5, 0.6) is 0 Å². The maximum Gasteiger partial charge on any atom is 0.411 e. The predicted octanol–water partition coefficient (Wildman–Crippen LogP) is 4.26. The normalized spacial score (nSPS) is 12.9. The third-order valence-corrected chi connectivity index (χ3v) is 4.48. The average molecular weight is 355 g/mol. The van der Waals surface area contributed by atoms with Crippen molar-refractivity contribution in [3.05, 3.63) is 70.8 Å². The monoisotopic (exact) mass is 355 g/mol. The zero-order valence-electron chi connectivity index (χ0n) is 15.7. The third kappa shape index (κ3) is 4.04. The minimum Gasteiger partial charge on any atom is -0.479 e. The van der Waals surface area contributed by atoms with Crippen molar-refractivity contribution < 1.29 is 19.4 Å². The van der Waals surface area contributed by atoms with Gasteiger partial charge in [-0.25, -0.2) is 9.59 Å². The van der Waals surface area contributed by atoms with Gasteiger partial charge in [-0.3, -0.25) is 4.90 Å². The van der Waals surface area contributed by atoms with E-state index in [0.29, 0.717) is 5.56 Å². The molecular formula is C21H25NO4. The van der Waals surface area contributed by atoms with Crippen LogP contribution in [-0.4, -0.2) is 28.6 Å². The number of nitrogens with zero attached hydrogens (tertiary/aromatic N) is 1. The molecule has 0 saturated heterocycles. The molecule has 5 heteroatoms. The Hall–Kier alpha value is -2.82. The second-order valence-corrected chi connectivity index (χ2v) is 6.54. The number of carbonyl (C=O) groups is 2. The number of rotatable bonds is 6. The molecule has 1 amide bonds. The number of amides is 1. The molecule has 0 fully saturated rings. The van der Waals surface area contributed by atoms with Crippen LogP contribution in [0.2, 0.25) is 0 Å². The standard InChI is InChI=1S/C21H25NO4/c1-5-22(20(25)26-14-17-9-7-6-8-10-17)21(4,19(23)24)18-12-15(2)11-16(3)13-18/h6-13H,5,14H2,1-4H3,(H,23,24). The zero-order valence-corrected chi connectivity index (χ0v) is 15.7. The number of likely N-dealkylation sites (N-methyl/N-ethyl adjacent to an activating group) is 1. The first-order valence-electron chi connectivity index (χ1n) is 8.59. The van der Waals surface area contributed by atoms with Gasteiger partial charge in [-0.1, -0.05) is 59.7 Å². The molecule has 0 heterocycles. The van der Waals surface area contributed by atoms with E-state index in [9.17, 15) is 14.7 Å². The number of hydrogen-bond donors (Lipinski definition) is 1. The van der Waals surface area contributed by atoms with Crippen LogP contribution in [-0.2, 0) is 21.7 Å². The second kappa shape index (κ2) is 8.04. The molecule has 26 heavy (non-hydrogen) atoms. The molecule has 0 saturated carbocycles. The summed E-state index contributed by atoms with van der Waals surface area (Å²) in [5, 5.41) is 9.95. The van der Waals surface area contributed by atoms with Crippen molar-refractivity contribution in [3.63, 3.8) is 0 Å². The van der Waals surface area contributed by atoms with E-state index in [2.05, 4.69) is 0 Å². The number of carbonyl (C=O) groups excluding carboxylic acids is 1. The van der Waals surface area contributed by atoms with Gasteiger partial charge in [0.1, 0.15) is 6.61 Å². The smallest absolute Gasteiger partial charge is 0.411 e. The number of aryl methyl sites for hydroxylation is 2. The third-order valence-electron chi connectivity index (χ3n) is 4.48. The SMILES string of the molecule is CCN(C(=O)OCc1ccccc1)C(C)(C(=O)O)c1cc(C)cc(C)c1. The molecule has 138 valence electrons. The van der Waals surface area contributed by atoms with Crippen LogP contribution < -0.4 is 0 Å². The van der Waals surface area contributed by atoms with Crippen LogP contribution >= 0.6 is 0 Å². The minimum atomic E-state index is -1.51. The predicted molar refractivity (Wildman–Crippen MR) is 99.9 cm³/mol. The summed E-state index contributed by atoms with van der Waals surface area (Å²) in [7, 11) is 0. The molecule has 0 aliphatic carbocycles. The van der Waals surface area contributed by atoms with E-state index in [1.54, 1.807) is 19.1 Å². The Morgan fingerprint density at radius 2 is 1.65 bits per heavy atom. The summed E-state index contributed by atoms with van der Waals surface area (Å²) in [6.07, 6.45) is -0.652. The summed E-state index contributed by atoms with van der Waals surface area (Å²) < 4.78 is 5.38. The highest BCUT2D eigenvalue weighted by Gasteiger charge is 2.44. The fourth-order valence-electron chi connectivity index (χ4n) is 3.08. The van der Waals surface area contributed by atoms with Crippen LogP contribution in [0.3, 0.4) is 0 Å². The summed E-state index contributed by atoms with van der Waals surface area (Å²) in [4.78, 5) is 26.1. The van der Waals surface area contributed by atoms with Gasteiger partial charge in [0, 0.05) is 6.54 Å². The molecule has 1 atom stereocenters. The van der Waals surface area contributed by atoms with Crippen molar-refractivity contribution in [2.45, 2.75) is 39.8 Å². The molecule has 5 nitrogen and oxygen atoms in total. The Morgan fingerprint density at radius 1 is 1.08 bits per heavy atom. The lowest BCUT2D eigenvalue weighted by atomic mass is 9.88. The molecule has 0 aliphatic rings. The van der Waals surface area contributed by atoms with E-state index in [1.807, 2.05) is 50.2 Å². The number of benzene rings is 2. The number of ether oxygens (including phenoxy) is 1. The quantitative estimate of drug-likeness (QED) is 0.841. The fourth-order valence-corrected chi connectivity index (χ4v) is 3.08. The van der Waals surface area contributed by atoms with Gasteiger partial charge in [-0.2, -0.15) is 0 Å². The Labute approximate surface area is 154 Å². The Bertz CT molecular complexity index is 768. The van der Waals surface area contributed by atoms with E-state index in [-0.39, 0.29) is 13.2 Å². The van der Waals surface area contributed by atoms with Gasteiger partial charge in [0.2, 0.25) is 0 Å². The van der Waals surface area contributed by atoms with Crippen molar-refractivity contribution in [1.29, 1.82) is 0 Å². The molecule has 1 N–H and O–H groups in total. The number of aliphatic carboxylic acids is 1. The van der Waals surface area contributed by atoms with Crippen molar-refractivity contribution in [3.8, 4) is 0 Å². The molecular weight excluding hydrogens is 330 g/mol. The highest BCUT2D eigenvalue weighted by Crippen LogP contribution is 2.31. The van der Waals surface area contributed by atoms with Gasteiger partial charge in [0.05, 0.1) is 0 Å². The lowest BCUT2D eigenvalue weighted by Gasteiger charge is -2.37. The summed E-state index contributed by atoms with van der Waals surface area (Å²) in [6, 6.07) is 14.9. The molecule has 0 bridgehead atoms. The summed E-state index contributed by atoms with van der Waals surface area (Å²) in [5.74, 6) is -1.10. The molecule has 0 spiro atoms. The molecule has 0 aromatic heterocycles. The minimum absolute atomic E-state index is 0.0960. The van der Waals surface area contributed by atoms with Gasteiger partial charge < -0.3 is 9.84 Å². The number of carboxylic acids is 1. The highest BCUT2D eigenvalue weighted by molar-refractivity contribution is 5.85. The van der Waals surface area contributed by atoms with Crippen molar-refractivity contribution >= 4 is 12.1 Å². The van der Waals surface area contributed by atoms with E-state index >= 15 is 0 Å². The molecule has 1 unspecified atom stereocenters. The Balaban J connectivity index is 2.32. The van der Waals surface area contributed by atoms with Crippen molar-refractivity contribution in [2.24, 2.45) is 0 Å². The van der Waals surface area contributed by atoms with E-state index in [4.69, 9.17) is 4.74 Å². The Kier molecular flexibility index (Phi) is 6.03. The molecule has 0 aliphatic heterocycles. The van der Waals surface area contributed by atoms with Crippen LogP contribution in [0.4, 0.5) is 4.79 Å². The van der Waals surface area contributed by atoms with Gasteiger partial charge in [0.15, 0.2) is 5.54 Å². The van der Waals surface area contributed by atoms with Gasteiger partial charge >= 0.3 is 12.1 Å². The van der Waals surface area contributed by atoms with E-state index in [1.165, 1.54) is 11.8 Å². The molecule has 2 rings (SSSR count). The average Bonchev–Trinajstić information content (AvgIpc) is 2.60. The lowest BCUT2D eigenvalue weighted by Crippen LogP contribution is -2.52. The second-order valence-electron chi connectivity index (χ2n) is 6.54. The summed E-state index contributed by atoms with van der Waals surface area (Å²) in [5.41, 5.74) is 1.78. The van der Waals surface area contributed by atoms with E-state index in [0.717, 1.165) is 16.7 Å². The molecule has 2 aromatic carbocycles. The fraction of sp³-hybridized carbons (Fsp3) is 0.333. The summed E-state index contributed by atoms with van der Waals surface area (Å²) >= 11 is 0. The van der Waals surface area contributed by atoms with Gasteiger partial charge in [-0.15, -0.1) is 0 Å². The Morgan fingerprint density at radius 3 is 2.15 bits per heavy atom. The van der Waals surface area contributed by atoms with Crippen LogP contribution in [0, 0.1) is 13.8 Å². The zero-order chi connectivity index (χ0) is 19.3. The first kappa shape index (κ1) is 19.5. The highest BCUT2D eigenvalue weighted by atomic mass is 16.6. The maximum atomic E-state index is 12.7. The first-order valence-corrected chi connectivity index (χ1v) is 8.59. The number of hydrogen-bond acceptors (Lipinski definition) is 3. The first-order chi connectivity index (χ1) is 12.3. The van der Waals surface area contributed by atoms with Crippen molar-refractivity contribution in [2.75, 3.05) is 6.54 Å².